The molecule has 0 aliphatic rings. The lowest BCUT2D eigenvalue weighted by atomic mass is 10.2. The van der Waals surface area contributed by atoms with Gasteiger partial charge in [0.15, 0.2) is 0 Å². The van der Waals surface area contributed by atoms with Gasteiger partial charge in [0.25, 0.3) is 0 Å². The van der Waals surface area contributed by atoms with Crippen molar-refractivity contribution in [1.82, 2.24) is 4.98 Å². The Morgan fingerprint density at radius 3 is 2.67 bits per heavy atom. The van der Waals surface area contributed by atoms with Crippen LogP contribution in [0.15, 0.2) is 47.6 Å². The van der Waals surface area contributed by atoms with Gasteiger partial charge in [-0.1, -0.05) is 6.07 Å². The lowest BCUT2D eigenvalue weighted by Crippen LogP contribution is -2.20. The summed E-state index contributed by atoms with van der Waals surface area (Å²) in [6.45, 7) is 2.20. The highest BCUT2D eigenvalue weighted by Gasteiger charge is 2.07. The number of aliphatic hydroxyl groups excluding tert-OH is 1. The summed E-state index contributed by atoms with van der Waals surface area (Å²) in [4.78, 5) is 4.27. The minimum Gasteiger partial charge on any atom is -0.491 e. The van der Waals surface area contributed by atoms with Crippen molar-refractivity contribution in [3.63, 3.8) is 0 Å². The number of pyridine rings is 1. The topological polar surface area (TPSA) is 66.1 Å². The zero-order valence-electron chi connectivity index (χ0n) is 11.7. The largest absolute Gasteiger partial charge is 0.491 e. The summed E-state index contributed by atoms with van der Waals surface area (Å²) in [6.07, 6.45) is 1.23. The maximum absolute atomic E-state index is 9.90. The van der Waals surface area contributed by atoms with Crippen LogP contribution >= 0.6 is 11.8 Å². The molecule has 0 amide bonds. The average Bonchev–Trinajstić information content (AvgIpc) is 2.53. The third-order valence-electron chi connectivity index (χ3n) is 2.73. The molecular weight excluding hydrogens is 284 g/mol. The van der Waals surface area contributed by atoms with Crippen LogP contribution < -0.4 is 4.74 Å². The molecule has 0 aliphatic heterocycles. The number of rotatable bonds is 6. The van der Waals surface area contributed by atoms with Gasteiger partial charge in [0.05, 0.1) is 22.8 Å². The average molecular weight is 300 g/mol. The van der Waals surface area contributed by atoms with Crippen LogP contribution in [0.5, 0.6) is 5.75 Å². The molecule has 0 bridgehead atoms. The summed E-state index contributed by atoms with van der Waals surface area (Å²) >= 11 is 1.49. The third kappa shape index (κ3) is 5.10. The molecule has 0 radical (unpaired) electrons. The monoisotopic (exact) mass is 300 g/mol. The summed E-state index contributed by atoms with van der Waals surface area (Å²) in [7, 11) is 0. The number of thioether (sulfide) groups is 1. The van der Waals surface area contributed by atoms with Crippen LogP contribution in [0.3, 0.4) is 0 Å². The van der Waals surface area contributed by atoms with E-state index < -0.39 is 6.10 Å². The molecule has 1 heterocycles. The second-order valence-corrected chi connectivity index (χ2v) is 5.63. The quantitative estimate of drug-likeness (QED) is 0.831. The number of hydrogen-bond acceptors (Lipinski definition) is 5. The summed E-state index contributed by atoms with van der Waals surface area (Å²) in [5.41, 5.74) is 1.70. The van der Waals surface area contributed by atoms with E-state index in [1.54, 1.807) is 24.3 Å². The molecule has 1 atom stereocenters. The standard InChI is InChI=1S/C16H16N2O2S/c1-12-2-7-16(18-9-12)21-11-14(19)10-20-15-5-3-13(8-17)4-6-15/h2-7,9,14,19H,10-11H2,1H3. The number of aliphatic hydroxyl groups is 1. The molecule has 4 nitrogen and oxygen atoms in total. The van der Waals surface area contributed by atoms with Gasteiger partial charge in [0.2, 0.25) is 0 Å². The van der Waals surface area contributed by atoms with Crippen molar-refractivity contribution in [2.75, 3.05) is 12.4 Å². The number of aryl methyl sites for hydroxylation is 1. The van der Waals surface area contributed by atoms with E-state index in [-0.39, 0.29) is 6.61 Å². The molecule has 5 heteroatoms. The first-order chi connectivity index (χ1) is 10.2. The van der Waals surface area contributed by atoms with Crippen LogP contribution in [-0.2, 0) is 0 Å². The van der Waals surface area contributed by atoms with E-state index in [0.29, 0.717) is 17.1 Å². The molecule has 1 aromatic heterocycles. The molecule has 2 aromatic rings. The van der Waals surface area contributed by atoms with Crippen LogP contribution in [0.25, 0.3) is 0 Å². The van der Waals surface area contributed by atoms with Crippen LogP contribution in [0.1, 0.15) is 11.1 Å². The second-order valence-electron chi connectivity index (χ2n) is 4.59. The predicted molar refractivity (Wildman–Crippen MR) is 82.4 cm³/mol. The van der Waals surface area contributed by atoms with E-state index >= 15 is 0 Å². The first kappa shape index (κ1) is 15.4. The SMILES string of the molecule is Cc1ccc(SCC(O)COc2ccc(C#N)cc2)nc1. The highest BCUT2D eigenvalue weighted by atomic mass is 32.2. The fraction of sp³-hybridized carbons (Fsp3) is 0.250. The van der Waals surface area contributed by atoms with Gasteiger partial charge in [-0.3, -0.25) is 0 Å². The molecule has 21 heavy (non-hydrogen) atoms. The van der Waals surface area contributed by atoms with Crippen LogP contribution in [-0.4, -0.2) is 28.6 Å². The minimum atomic E-state index is -0.575. The van der Waals surface area contributed by atoms with E-state index in [1.807, 2.05) is 31.3 Å². The normalized spacial score (nSPS) is 11.7. The van der Waals surface area contributed by atoms with Gasteiger partial charge in [0.1, 0.15) is 12.4 Å². The second kappa shape index (κ2) is 7.67. The Balaban J connectivity index is 1.75. The van der Waals surface area contributed by atoms with Gasteiger partial charge in [-0.2, -0.15) is 5.26 Å². The molecule has 0 saturated carbocycles. The Hall–Kier alpha value is -2.03. The number of nitriles is 1. The van der Waals surface area contributed by atoms with E-state index in [1.165, 1.54) is 11.8 Å². The molecule has 2 rings (SSSR count). The van der Waals surface area contributed by atoms with Gasteiger partial charge < -0.3 is 9.84 Å². The molecule has 108 valence electrons. The van der Waals surface area contributed by atoms with Crippen molar-refractivity contribution in [3.8, 4) is 11.8 Å². The van der Waals surface area contributed by atoms with Crippen molar-refractivity contribution in [3.05, 3.63) is 53.7 Å². The van der Waals surface area contributed by atoms with Gasteiger partial charge >= 0.3 is 0 Å². The molecule has 1 unspecified atom stereocenters. The van der Waals surface area contributed by atoms with Crippen LogP contribution in [0.2, 0.25) is 0 Å². The first-order valence-electron chi connectivity index (χ1n) is 6.54. The predicted octanol–water partition coefficient (Wildman–Crippen LogP) is 2.79. The summed E-state index contributed by atoms with van der Waals surface area (Å²) < 4.78 is 5.48. The number of nitrogens with zero attached hydrogens (tertiary/aromatic N) is 2. The van der Waals surface area contributed by atoms with Crippen LogP contribution in [0.4, 0.5) is 0 Å². The molecule has 0 aliphatic carbocycles. The summed E-state index contributed by atoms with van der Waals surface area (Å²) in [5.74, 6) is 1.17. The van der Waals surface area contributed by atoms with Crippen LogP contribution in [0, 0.1) is 18.3 Å². The third-order valence-corrected chi connectivity index (χ3v) is 3.82. The van der Waals surface area contributed by atoms with Gasteiger partial charge in [-0.05, 0) is 42.8 Å². The lowest BCUT2D eigenvalue weighted by molar-refractivity contribution is 0.126. The van der Waals surface area contributed by atoms with E-state index in [0.717, 1.165) is 10.6 Å². The van der Waals surface area contributed by atoms with Crippen molar-refractivity contribution >= 4 is 11.8 Å². The number of hydrogen-bond donors (Lipinski definition) is 1. The highest BCUT2D eigenvalue weighted by molar-refractivity contribution is 7.99. The smallest absolute Gasteiger partial charge is 0.119 e. The van der Waals surface area contributed by atoms with Crippen molar-refractivity contribution in [2.24, 2.45) is 0 Å². The van der Waals surface area contributed by atoms with Crippen molar-refractivity contribution in [2.45, 2.75) is 18.1 Å². The zero-order chi connectivity index (χ0) is 15.1. The first-order valence-corrected chi connectivity index (χ1v) is 7.52. The molecule has 0 fully saturated rings. The number of ether oxygens (including phenoxy) is 1. The number of aromatic nitrogens is 1. The molecule has 0 spiro atoms. The molecule has 1 aromatic carbocycles. The Kier molecular flexibility index (Phi) is 5.61. The van der Waals surface area contributed by atoms with E-state index in [2.05, 4.69) is 4.98 Å². The van der Waals surface area contributed by atoms with Gasteiger partial charge in [-0.15, -0.1) is 11.8 Å². The maximum Gasteiger partial charge on any atom is 0.119 e. The Bertz CT molecular complexity index is 606. The Morgan fingerprint density at radius 1 is 1.29 bits per heavy atom. The summed E-state index contributed by atoms with van der Waals surface area (Å²) in [5, 5.41) is 19.5. The molecule has 1 N–H and O–H groups in total. The summed E-state index contributed by atoms with van der Waals surface area (Å²) in [6, 6.07) is 12.8. The number of benzene rings is 1. The minimum absolute atomic E-state index is 0.213. The van der Waals surface area contributed by atoms with Gasteiger partial charge in [-0.25, -0.2) is 4.98 Å². The fourth-order valence-corrected chi connectivity index (χ4v) is 2.34. The molecule has 0 saturated heterocycles. The maximum atomic E-state index is 9.90. The molecular formula is C16H16N2O2S. The Labute approximate surface area is 128 Å². The van der Waals surface area contributed by atoms with Crippen molar-refractivity contribution in [1.29, 1.82) is 5.26 Å². The Morgan fingerprint density at radius 2 is 2.05 bits per heavy atom. The van der Waals surface area contributed by atoms with E-state index in [9.17, 15) is 5.11 Å². The lowest BCUT2D eigenvalue weighted by Gasteiger charge is -2.12. The fourth-order valence-electron chi connectivity index (χ4n) is 1.59. The highest BCUT2D eigenvalue weighted by Crippen LogP contribution is 2.17. The van der Waals surface area contributed by atoms with Gasteiger partial charge in [0, 0.05) is 11.9 Å². The van der Waals surface area contributed by atoms with E-state index in [4.69, 9.17) is 10.00 Å². The zero-order valence-corrected chi connectivity index (χ0v) is 12.5. The van der Waals surface area contributed by atoms with Crippen molar-refractivity contribution < 1.29 is 9.84 Å².